The smallest absolute Gasteiger partial charge is 0.331 e. The van der Waals surface area contributed by atoms with Crippen molar-refractivity contribution < 1.29 is 9.53 Å². The van der Waals surface area contributed by atoms with E-state index in [0.717, 1.165) is 45.1 Å². The first-order valence-electron chi connectivity index (χ1n) is 12.1. The Kier molecular flexibility index (Phi) is 6.87. The van der Waals surface area contributed by atoms with Gasteiger partial charge in [0.25, 0.3) is 0 Å². The lowest BCUT2D eigenvalue weighted by Gasteiger charge is -2.46. The third-order valence-electron chi connectivity index (χ3n) is 7.71. The van der Waals surface area contributed by atoms with Crippen LogP contribution in [0.4, 0.5) is 11.4 Å². The number of nitrogens with zero attached hydrogens (tertiary/aromatic N) is 3. The summed E-state index contributed by atoms with van der Waals surface area (Å²) in [4.78, 5) is 20.5. The highest BCUT2D eigenvalue weighted by Gasteiger charge is 2.50. The molecule has 0 N–H and O–H groups in total. The van der Waals surface area contributed by atoms with Crippen molar-refractivity contribution in [3.05, 3.63) is 24.3 Å². The van der Waals surface area contributed by atoms with Gasteiger partial charge in [0.05, 0.1) is 25.2 Å². The summed E-state index contributed by atoms with van der Waals surface area (Å²) in [6, 6.07) is 8.51. The van der Waals surface area contributed by atoms with Crippen LogP contribution in [0.3, 0.4) is 0 Å². The van der Waals surface area contributed by atoms with Gasteiger partial charge in [-0.15, -0.1) is 0 Å². The highest BCUT2D eigenvalue weighted by molar-refractivity contribution is 5.90. The van der Waals surface area contributed by atoms with E-state index >= 15 is 0 Å². The fourth-order valence-corrected chi connectivity index (χ4v) is 5.89. The number of hydrogen-bond donors (Lipinski definition) is 0. The normalized spacial score (nSPS) is 23.0. The van der Waals surface area contributed by atoms with Crippen LogP contribution in [0.2, 0.25) is 0 Å². The van der Waals surface area contributed by atoms with Crippen LogP contribution in [0.15, 0.2) is 24.3 Å². The van der Waals surface area contributed by atoms with Gasteiger partial charge in [-0.05, 0) is 50.7 Å². The molecule has 30 heavy (non-hydrogen) atoms. The van der Waals surface area contributed by atoms with Gasteiger partial charge >= 0.3 is 5.97 Å². The largest absolute Gasteiger partial charge is 0.467 e. The molecule has 2 heterocycles. The first-order valence-corrected chi connectivity index (χ1v) is 12.1. The highest BCUT2D eigenvalue weighted by Crippen LogP contribution is 2.43. The minimum atomic E-state index is -0.549. The Bertz CT molecular complexity index is 706. The Morgan fingerprint density at radius 2 is 1.67 bits per heavy atom. The summed E-state index contributed by atoms with van der Waals surface area (Å²) in [5, 5.41) is 0. The summed E-state index contributed by atoms with van der Waals surface area (Å²) in [6.45, 7) is 7.07. The number of benzene rings is 1. The average molecular weight is 414 g/mol. The number of anilines is 2. The second kappa shape index (κ2) is 9.59. The van der Waals surface area contributed by atoms with Gasteiger partial charge in [0, 0.05) is 26.2 Å². The van der Waals surface area contributed by atoms with E-state index in [1.54, 1.807) is 7.11 Å². The van der Waals surface area contributed by atoms with Crippen molar-refractivity contribution in [3.63, 3.8) is 0 Å². The molecule has 1 saturated carbocycles. The van der Waals surface area contributed by atoms with Crippen molar-refractivity contribution in [1.82, 2.24) is 4.90 Å². The number of likely N-dealkylation sites (tertiary alicyclic amines) is 1. The van der Waals surface area contributed by atoms with Gasteiger partial charge in [0.1, 0.15) is 5.54 Å². The van der Waals surface area contributed by atoms with Crippen molar-refractivity contribution in [3.8, 4) is 0 Å². The summed E-state index contributed by atoms with van der Waals surface area (Å²) >= 11 is 0. The Morgan fingerprint density at radius 3 is 2.30 bits per heavy atom. The van der Waals surface area contributed by atoms with Crippen LogP contribution in [0.5, 0.6) is 0 Å². The lowest BCUT2D eigenvalue weighted by Crippen LogP contribution is -2.61. The van der Waals surface area contributed by atoms with Crippen LogP contribution < -0.4 is 9.80 Å². The second-order valence-corrected chi connectivity index (χ2v) is 9.45. The Labute approximate surface area is 182 Å². The van der Waals surface area contributed by atoms with Crippen molar-refractivity contribution in [2.24, 2.45) is 5.92 Å². The van der Waals surface area contributed by atoms with Crippen LogP contribution >= 0.6 is 0 Å². The van der Waals surface area contributed by atoms with Gasteiger partial charge in [0.2, 0.25) is 0 Å². The molecule has 0 aromatic heterocycles. The molecule has 5 heteroatoms. The van der Waals surface area contributed by atoms with Crippen LogP contribution in [-0.2, 0) is 9.53 Å². The maximum absolute atomic E-state index is 13.2. The molecule has 1 aromatic rings. The van der Waals surface area contributed by atoms with Gasteiger partial charge in [-0.2, -0.15) is 0 Å². The second-order valence-electron chi connectivity index (χ2n) is 9.45. The summed E-state index contributed by atoms with van der Waals surface area (Å²) in [7, 11) is 1.55. The van der Waals surface area contributed by atoms with Crippen molar-refractivity contribution in [2.45, 2.75) is 70.3 Å². The molecule has 0 bridgehead atoms. The maximum Gasteiger partial charge on any atom is 0.331 e. The first kappa shape index (κ1) is 21.5. The predicted octanol–water partition coefficient (Wildman–Crippen LogP) is 4.66. The number of hydrogen-bond acceptors (Lipinski definition) is 5. The number of rotatable bonds is 5. The molecule has 166 valence electrons. The molecular weight excluding hydrogens is 374 g/mol. The van der Waals surface area contributed by atoms with Crippen molar-refractivity contribution in [1.29, 1.82) is 0 Å². The van der Waals surface area contributed by atoms with E-state index in [2.05, 4.69) is 45.9 Å². The molecule has 5 nitrogen and oxygen atoms in total. The molecule has 2 fully saturated rings. The Balaban J connectivity index is 1.48. The molecule has 0 spiro atoms. The molecule has 0 unspecified atom stereocenters. The van der Waals surface area contributed by atoms with E-state index in [0.29, 0.717) is 0 Å². The molecule has 0 radical (unpaired) electrons. The van der Waals surface area contributed by atoms with Gasteiger partial charge in [-0.1, -0.05) is 44.2 Å². The monoisotopic (exact) mass is 413 g/mol. The average Bonchev–Trinajstić information content (AvgIpc) is 3.15. The summed E-state index contributed by atoms with van der Waals surface area (Å²) in [5.41, 5.74) is 1.87. The minimum Gasteiger partial charge on any atom is -0.467 e. The predicted molar refractivity (Wildman–Crippen MR) is 123 cm³/mol. The standard InChI is InChI=1S/C25H39N3O2/c1-3-27-20-28(23-14-10-9-13-22(23)27)25(24(29)30-2)15-17-26(18-16-25)19-21-11-7-5-4-6-8-12-21/h9-10,13-14,21H,3-8,11-12,15-20H2,1-2H3. The molecule has 0 atom stereocenters. The molecule has 2 aliphatic heterocycles. The van der Waals surface area contributed by atoms with Crippen molar-refractivity contribution in [2.75, 3.05) is 49.8 Å². The summed E-state index contributed by atoms with van der Waals surface area (Å²) in [6.07, 6.45) is 11.5. The number of piperidine rings is 1. The van der Waals surface area contributed by atoms with Gasteiger partial charge in [0.15, 0.2) is 0 Å². The van der Waals surface area contributed by atoms with Gasteiger partial charge in [-0.25, -0.2) is 4.79 Å². The van der Waals surface area contributed by atoms with Crippen LogP contribution in [-0.4, -0.2) is 56.4 Å². The molecule has 0 amide bonds. The molecule has 3 aliphatic rings. The zero-order chi connectivity index (χ0) is 21.0. The number of esters is 1. The molecule has 1 aliphatic carbocycles. The minimum absolute atomic E-state index is 0.0686. The third kappa shape index (κ3) is 4.18. The molecule has 4 rings (SSSR count). The van der Waals surface area contributed by atoms with Crippen LogP contribution in [0, 0.1) is 5.92 Å². The number of para-hydroxylation sites is 2. The molecule has 1 aromatic carbocycles. The topological polar surface area (TPSA) is 36.0 Å². The van der Waals surface area contributed by atoms with E-state index in [9.17, 15) is 4.79 Å². The zero-order valence-corrected chi connectivity index (χ0v) is 18.9. The number of carbonyl (C=O) groups is 1. The summed E-state index contributed by atoms with van der Waals surface area (Å²) in [5.74, 6) is 0.764. The van der Waals surface area contributed by atoms with Crippen molar-refractivity contribution >= 4 is 17.3 Å². The van der Waals surface area contributed by atoms with E-state index in [4.69, 9.17) is 4.74 Å². The number of carbonyl (C=O) groups excluding carboxylic acids is 1. The first-order chi connectivity index (χ1) is 14.7. The van der Waals surface area contributed by atoms with E-state index in [-0.39, 0.29) is 5.97 Å². The lowest BCUT2D eigenvalue weighted by molar-refractivity contribution is -0.149. The summed E-state index contributed by atoms with van der Waals surface area (Å²) < 4.78 is 5.39. The fourth-order valence-electron chi connectivity index (χ4n) is 5.89. The Morgan fingerprint density at radius 1 is 1.03 bits per heavy atom. The number of methoxy groups -OCH3 is 1. The van der Waals surface area contributed by atoms with Crippen LogP contribution in [0.25, 0.3) is 0 Å². The number of ether oxygens (including phenoxy) is 1. The number of fused-ring (bicyclic) bond motifs is 1. The highest BCUT2D eigenvalue weighted by atomic mass is 16.5. The van der Waals surface area contributed by atoms with Crippen LogP contribution in [0.1, 0.15) is 64.7 Å². The maximum atomic E-state index is 13.2. The quantitative estimate of drug-likeness (QED) is 0.656. The SMILES string of the molecule is CCN1CN(C2(C(=O)OC)CCN(CC3CCCCCCC3)CC2)c2ccccc21. The van der Waals surface area contributed by atoms with E-state index in [1.165, 1.54) is 62.9 Å². The van der Waals surface area contributed by atoms with Gasteiger partial charge in [-0.3, -0.25) is 0 Å². The Hall–Kier alpha value is -1.75. The molecule has 1 saturated heterocycles. The van der Waals surface area contributed by atoms with Gasteiger partial charge < -0.3 is 19.4 Å². The molecular formula is C25H39N3O2. The van der Waals surface area contributed by atoms with E-state index < -0.39 is 5.54 Å². The zero-order valence-electron chi connectivity index (χ0n) is 18.9. The lowest BCUT2D eigenvalue weighted by atomic mass is 9.84. The fraction of sp³-hybridized carbons (Fsp3) is 0.720. The third-order valence-corrected chi connectivity index (χ3v) is 7.71. The van der Waals surface area contributed by atoms with E-state index in [1.807, 2.05) is 0 Å².